The molecule has 0 spiro atoms. The van der Waals surface area contributed by atoms with Crippen LogP contribution in [0.5, 0.6) is 0 Å². The number of hydrogen-bond donors (Lipinski definition) is 2. The lowest BCUT2D eigenvalue weighted by Crippen LogP contribution is -2.28. The van der Waals surface area contributed by atoms with Crippen LogP contribution in [0.4, 0.5) is 0 Å². The van der Waals surface area contributed by atoms with Crippen molar-refractivity contribution in [1.82, 2.24) is 4.90 Å². The highest BCUT2D eigenvalue weighted by molar-refractivity contribution is 7.80. The summed E-state index contributed by atoms with van der Waals surface area (Å²) < 4.78 is 0. The Hall–Kier alpha value is 0.270. The maximum Gasteiger partial charge on any atom is 0.0679 e. The second kappa shape index (κ2) is 5.10. The average molecular weight is 189 g/mol. The molecule has 2 nitrogen and oxygen atoms in total. The summed E-state index contributed by atoms with van der Waals surface area (Å²) in [5.74, 6) is 1.65. The normalized spacial score (nSPS) is 27.8. The fraction of sp³-hybridized carbons (Fsp3) is 1.00. The van der Waals surface area contributed by atoms with Gasteiger partial charge in [-0.1, -0.05) is 13.3 Å². The number of aliphatic hydroxyl groups is 1. The Bertz CT molecular complexity index is 128. The van der Waals surface area contributed by atoms with Crippen LogP contribution in [0, 0.1) is 5.92 Å². The van der Waals surface area contributed by atoms with Crippen molar-refractivity contribution in [1.29, 1.82) is 0 Å². The van der Waals surface area contributed by atoms with Gasteiger partial charge in [-0.25, -0.2) is 0 Å². The van der Waals surface area contributed by atoms with Gasteiger partial charge in [0.05, 0.1) is 6.10 Å². The Morgan fingerprint density at radius 1 is 1.67 bits per heavy atom. The number of nitrogens with zero attached hydrogens (tertiary/aromatic N) is 1. The van der Waals surface area contributed by atoms with E-state index in [1.807, 2.05) is 0 Å². The highest BCUT2D eigenvalue weighted by atomic mass is 32.1. The van der Waals surface area contributed by atoms with E-state index in [9.17, 15) is 5.11 Å². The Kier molecular flexibility index (Phi) is 4.40. The number of rotatable bonds is 4. The minimum absolute atomic E-state index is 0.0811. The number of hydrogen-bond acceptors (Lipinski definition) is 3. The molecular formula is C9H19NOS. The molecule has 0 radical (unpaired) electrons. The van der Waals surface area contributed by atoms with Gasteiger partial charge in [0, 0.05) is 19.6 Å². The van der Waals surface area contributed by atoms with Gasteiger partial charge in [0.2, 0.25) is 0 Å². The van der Waals surface area contributed by atoms with E-state index in [1.54, 1.807) is 0 Å². The van der Waals surface area contributed by atoms with E-state index in [-0.39, 0.29) is 6.10 Å². The smallest absolute Gasteiger partial charge is 0.0679 e. The highest BCUT2D eigenvalue weighted by Crippen LogP contribution is 2.13. The number of likely N-dealkylation sites (tertiary alicyclic amines) is 1. The van der Waals surface area contributed by atoms with Gasteiger partial charge in [0.15, 0.2) is 0 Å². The lowest BCUT2D eigenvalue weighted by atomic mass is 10.1. The van der Waals surface area contributed by atoms with Crippen LogP contribution in [-0.2, 0) is 0 Å². The minimum atomic E-state index is -0.0811. The third-order valence-electron chi connectivity index (χ3n) is 2.60. The molecule has 3 heteroatoms. The van der Waals surface area contributed by atoms with Crippen LogP contribution >= 0.6 is 12.6 Å². The van der Waals surface area contributed by atoms with Gasteiger partial charge in [-0.2, -0.15) is 12.6 Å². The molecule has 0 amide bonds. The van der Waals surface area contributed by atoms with E-state index in [2.05, 4.69) is 24.5 Å². The maximum atomic E-state index is 9.30. The van der Waals surface area contributed by atoms with Crippen molar-refractivity contribution in [2.45, 2.75) is 25.9 Å². The first-order chi connectivity index (χ1) is 5.76. The quantitative estimate of drug-likeness (QED) is 0.645. The average Bonchev–Trinajstić information content (AvgIpc) is 2.47. The van der Waals surface area contributed by atoms with Crippen LogP contribution in [0.3, 0.4) is 0 Å². The molecule has 1 N–H and O–H groups in total. The monoisotopic (exact) mass is 189 g/mol. The van der Waals surface area contributed by atoms with Crippen molar-refractivity contribution in [2.24, 2.45) is 5.92 Å². The maximum absolute atomic E-state index is 9.30. The van der Waals surface area contributed by atoms with Crippen molar-refractivity contribution in [3.05, 3.63) is 0 Å². The predicted molar refractivity (Wildman–Crippen MR) is 54.7 cm³/mol. The molecule has 0 aromatic heterocycles. The van der Waals surface area contributed by atoms with Crippen LogP contribution in [0.1, 0.15) is 19.8 Å². The van der Waals surface area contributed by atoms with Crippen molar-refractivity contribution in [3.63, 3.8) is 0 Å². The predicted octanol–water partition coefficient (Wildman–Crippen LogP) is 1.01. The Labute approximate surface area is 80.4 Å². The van der Waals surface area contributed by atoms with Crippen LogP contribution in [0.25, 0.3) is 0 Å². The second-order valence-electron chi connectivity index (χ2n) is 3.66. The van der Waals surface area contributed by atoms with E-state index < -0.39 is 0 Å². The molecule has 2 unspecified atom stereocenters. The van der Waals surface area contributed by atoms with Gasteiger partial charge in [0.1, 0.15) is 0 Å². The molecule has 0 aliphatic carbocycles. The van der Waals surface area contributed by atoms with Gasteiger partial charge in [-0.05, 0) is 18.1 Å². The lowest BCUT2D eigenvalue weighted by molar-refractivity contribution is 0.171. The van der Waals surface area contributed by atoms with E-state index in [1.165, 1.54) is 6.42 Å². The van der Waals surface area contributed by atoms with Gasteiger partial charge < -0.3 is 10.0 Å². The molecule has 0 aromatic rings. The molecule has 2 atom stereocenters. The highest BCUT2D eigenvalue weighted by Gasteiger charge is 2.21. The van der Waals surface area contributed by atoms with Crippen molar-refractivity contribution in [2.75, 3.05) is 25.4 Å². The molecule has 1 aliphatic rings. The van der Waals surface area contributed by atoms with Gasteiger partial charge in [0.25, 0.3) is 0 Å². The zero-order chi connectivity index (χ0) is 8.97. The van der Waals surface area contributed by atoms with E-state index in [0.29, 0.717) is 5.92 Å². The van der Waals surface area contributed by atoms with E-state index in [0.717, 1.165) is 31.8 Å². The van der Waals surface area contributed by atoms with Crippen molar-refractivity contribution < 1.29 is 5.11 Å². The summed E-state index contributed by atoms with van der Waals surface area (Å²) in [4.78, 5) is 2.34. The molecule has 0 aromatic carbocycles. The van der Waals surface area contributed by atoms with Crippen LogP contribution in [0.2, 0.25) is 0 Å². The fourth-order valence-corrected chi connectivity index (χ4v) is 2.03. The summed E-state index contributed by atoms with van der Waals surface area (Å²) in [7, 11) is 0. The van der Waals surface area contributed by atoms with Gasteiger partial charge >= 0.3 is 0 Å². The summed E-state index contributed by atoms with van der Waals surface area (Å²) in [6.07, 6.45) is 2.06. The molecular weight excluding hydrogens is 170 g/mol. The molecule has 0 saturated carbocycles. The van der Waals surface area contributed by atoms with Crippen LogP contribution in [-0.4, -0.2) is 41.5 Å². The fourth-order valence-electron chi connectivity index (χ4n) is 1.66. The van der Waals surface area contributed by atoms with E-state index in [4.69, 9.17) is 0 Å². The van der Waals surface area contributed by atoms with Crippen molar-refractivity contribution in [3.8, 4) is 0 Å². The first-order valence-electron chi connectivity index (χ1n) is 4.77. The molecule has 1 fully saturated rings. The van der Waals surface area contributed by atoms with E-state index >= 15 is 0 Å². The third-order valence-corrected chi connectivity index (χ3v) is 3.12. The van der Waals surface area contributed by atoms with Gasteiger partial charge in [-0.15, -0.1) is 0 Å². The zero-order valence-electron chi connectivity index (χ0n) is 7.74. The Morgan fingerprint density at radius 3 is 2.83 bits per heavy atom. The van der Waals surface area contributed by atoms with Crippen LogP contribution in [0.15, 0.2) is 0 Å². The number of aliphatic hydroxyl groups excluding tert-OH is 1. The Balaban J connectivity index is 2.21. The summed E-state index contributed by atoms with van der Waals surface area (Å²) in [6.45, 7) is 5.24. The van der Waals surface area contributed by atoms with Gasteiger partial charge in [-0.3, -0.25) is 0 Å². The summed E-state index contributed by atoms with van der Waals surface area (Å²) in [5.41, 5.74) is 0. The summed E-state index contributed by atoms with van der Waals surface area (Å²) in [5, 5.41) is 9.30. The SMILES string of the molecule is CCC(CS)CN1CCC(O)C1. The van der Waals surface area contributed by atoms with Crippen molar-refractivity contribution >= 4 is 12.6 Å². The summed E-state index contributed by atoms with van der Waals surface area (Å²) >= 11 is 4.30. The number of β-amino-alcohol motifs (C(OH)–C–C–N with tert-alkyl or cyclic N) is 1. The minimum Gasteiger partial charge on any atom is -0.392 e. The molecule has 12 heavy (non-hydrogen) atoms. The van der Waals surface area contributed by atoms with Crippen LogP contribution < -0.4 is 0 Å². The molecule has 1 heterocycles. The molecule has 1 rings (SSSR count). The molecule has 72 valence electrons. The topological polar surface area (TPSA) is 23.5 Å². The zero-order valence-corrected chi connectivity index (χ0v) is 8.63. The first kappa shape index (κ1) is 10.4. The third kappa shape index (κ3) is 2.96. The molecule has 0 bridgehead atoms. The first-order valence-corrected chi connectivity index (χ1v) is 5.40. The molecule has 1 saturated heterocycles. The lowest BCUT2D eigenvalue weighted by Gasteiger charge is -2.20. The standard InChI is InChI=1S/C9H19NOS/c1-2-8(7-12)5-10-4-3-9(11)6-10/h8-9,11-12H,2-7H2,1H3. The molecule has 1 aliphatic heterocycles. The number of thiol groups is 1. The summed E-state index contributed by atoms with van der Waals surface area (Å²) in [6, 6.07) is 0. The largest absolute Gasteiger partial charge is 0.392 e. The second-order valence-corrected chi connectivity index (χ2v) is 4.02. The Morgan fingerprint density at radius 2 is 2.42 bits per heavy atom.